The molecule has 3 aromatic rings. The van der Waals surface area contributed by atoms with Crippen molar-refractivity contribution in [3.05, 3.63) is 52.8 Å². The molecule has 32 heavy (non-hydrogen) atoms. The van der Waals surface area contributed by atoms with Crippen LogP contribution in [0, 0.1) is 10.1 Å². The van der Waals surface area contributed by atoms with Crippen LogP contribution in [0.25, 0.3) is 10.9 Å². The highest BCUT2D eigenvalue weighted by Gasteiger charge is 2.22. The number of piperazine rings is 1. The lowest BCUT2D eigenvalue weighted by atomic mass is 10.2. The number of hydrogen-bond acceptors (Lipinski definition) is 8. The first kappa shape index (κ1) is 21.5. The predicted molar refractivity (Wildman–Crippen MR) is 126 cm³/mol. The second-order valence-corrected chi connectivity index (χ2v) is 7.52. The van der Waals surface area contributed by atoms with Crippen LogP contribution in [0.2, 0.25) is 0 Å². The van der Waals surface area contributed by atoms with E-state index in [4.69, 9.17) is 21.7 Å². The molecule has 0 bridgehead atoms. The normalized spacial score (nSPS) is 13.7. The molecular formula is C21H22N6O4S. The van der Waals surface area contributed by atoms with Crippen LogP contribution < -0.4 is 19.7 Å². The maximum absolute atomic E-state index is 10.8. The molecule has 0 spiro atoms. The zero-order chi connectivity index (χ0) is 22.7. The summed E-state index contributed by atoms with van der Waals surface area (Å²) in [6.45, 7) is 2.86. The summed E-state index contributed by atoms with van der Waals surface area (Å²) >= 11 is 5.54. The van der Waals surface area contributed by atoms with Gasteiger partial charge in [-0.25, -0.2) is 9.97 Å². The number of thiocarbonyl (C=S) groups is 1. The molecule has 2 aromatic carbocycles. The topological polar surface area (TPSA) is 106 Å². The van der Waals surface area contributed by atoms with Crippen molar-refractivity contribution < 1.29 is 14.4 Å². The van der Waals surface area contributed by atoms with E-state index in [1.165, 1.54) is 12.1 Å². The number of aromatic nitrogens is 2. The third kappa shape index (κ3) is 4.33. The van der Waals surface area contributed by atoms with Crippen molar-refractivity contribution in [2.24, 2.45) is 0 Å². The minimum atomic E-state index is -0.427. The molecule has 11 heteroatoms. The summed E-state index contributed by atoms with van der Waals surface area (Å²) in [5, 5.41) is 15.4. The van der Waals surface area contributed by atoms with Crippen LogP contribution in [-0.4, -0.2) is 65.3 Å². The van der Waals surface area contributed by atoms with Crippen molar-refractivity contribution in [2.45, 2.75) is 0 Å². The maximum Gasteiger partial charge on any atom is 0.269 e. The molecule has 1 aliphatic heterocycles. The molecule has 0 amide bonds. The summed E-state index contributed by atoms with van der Waals surface area (Å²) in [5.41, 5.74) is 1.54. The zero-order valence-corrected chi connectivity index (χ0v) is 18.5. The first-order chi connectivity index (χ1) is 15.5. The Labute approximate surface area is 189 Å². The van der Waals surface area contributed by atoms with Gasteiger partial charge in [0.05, 0.1) is 24.7 Å². The zero-order valence-electron chi connectivity index (χ0n) is 17.6. The molecule has 1 aliphatic rings. The largest absolute Gasteiger partial charge is 0.493 e. The number of nitro groups is 1. The Morgan fingerprint density at radius 2 is 1.72 bits per heavy atom. The SMILES string of the molecule is COc1cc2ncnc(N3CCN(C(=S)Nc4ccc([N+](=O)[O-])cc4)CC3)c2cc1OC. The highest BCUT2D eigenvalue weighted by molar-refractivity contribution is 7.80. The minimum absolute atomic E-state index is 0.0430. The first-order valence-corrected chi connectivity index (χ1v) is 10.3. The fraction of sp³-hybridized carbons (Fsp3) is 0.286. The number of nitrogens with one attached hydrogen (secondary N) is 1. The highest BCUT2D eigenvalue weighted by Crippen LogP contribution is 2.35. The quantitative estimate of drug-likeness (QED) is 0.351. The number of fused-ring (bicyclic) bond motifs is 1. The predicted octanol–water partition coefficient (Wildman–Crippen LogP) is 3.07. The minimum Gasteiger partial charge on any atom is -0.493 e. The molecule has 1 fully saturated rings. The number of nitro benzene ring substituents is 1. The summed E-state index contributed by atoms with van der Waals surface area (Å²) in [6, 6.07) is 9.94. The van der Waals surface area contributed by atoms with E-state index in [2.05, 4.69) is 25.1 Å². The van der Waals surface area contributed by atoms with Gasteiger partial charge in [-0.2, -0.15) is 0 Å². The molecule has 0 saturated carbocycles. The summed E-state index contributed by atoms with van der Waals surface area (Å²) in [6.07, 6.45) is 1.55. The van der Waals surface area contributed by atoms with E-state index in [0.29, 0.717) is 35.4 Å². The molecule has 2 heterocycles. The Balaban J connectivity index is 1.44. The monoisotopic (exact) mass is 454 g/mol. The lowest BCUT2D eigenvalue weighted by Gasteiger charge is -2.37. The molecule has 4 rings (SSSR count). The number of methoxy groups -OCH3 is 2. The number of non-ortho nitro benzene ring substituents is 1. The molecule has 0 atom stereocenters. The second kappa shape index (κ2) is 9.18. The van der Waals surface area contributed by atoms with E-state index < -0.39 is 4.92 Å². The average molecular weight is 455 g/mol. The molecule has 1 aromatic heterocycles. The molecular weight excluding hydrogens is 432 g/mol. The van der Waals surface area contributed by atoms with Crippen molar-refractivity contribution in [1.82, 2.24) is 14.9 Å². The third-order valence-corrected chi connectivity index (χ3v) is 5.68. The van der Waals surface area contributed by atoms with Crippen molar-refractivity contribution >= 4 is 45.4 Å². The molecule has 166 valence electrons. The smallest absolute Gasteiger partial charge is 0.269 e. The molecule has 0 unspecified atom stereocenters. The first-order valence-electron chi connectivity index (χ1n) is 9.92. The fourth-order valence-electron chi connectivity index (χ4n) is 3.61. The van der Waals surface area contributed by atoms with Crippen LogP contribution in [0.5, 0.6) is 11.5 Å². The van der Waals surface area contributed by atoms with Crippen LogP contribution >= 0.6 is 12.2 Å². The van der Waals surface area contributed by atoms with Crippen LogP contribution in [-0.2, 0) is 0 Å². The van der Waals surface area contributed by atoms with Gasteiger partial charge in [0.15, 0.2) is 16.6 Å². The Hall–Kier alpha value is -3.73. The van der Waals surface area contributed by atoms with Crippen molar-refractivity contribution in [3.63, 3.8) is 0 Å². The lowest BCUT2D eigenvalue weighted by molar-refractivity contribution is -0.384. The van der Waals surface area contributed by atoms with Crippen LogP contribution in [0.15, 0.2) is 42.7 Å². The summed E-state index contributed by atoms with van der Waals surface area (Å²) < 4.78 is 10.8. The van der Waals surface area contributed by atoms with Crippen LogP contribution in [0.4, 0.5) is 17.2 Å². The molecule has 1 N–H and O–H groups in total. The maximum atomic E-state index is 10.8. The van der Waals surface area contributed by atoms with Crippen LogP contribution in [0.1, 0.15) is 0 Å². The van der Waals surface area contributed by atoms with Gasteiger partial charge in [-0.15, -0.1) is 0 Å². The number of rotatable bonds is 5. The Kier molecular flexibility index (Phi) is 6.17. The van der Waals surface area contributed by atoms with E-state index in [1.807, 2.05) is 12.1 Å². The summed E-state index contributed by atoms with van der Waals surface area (Å²) in [4.78, 5) is 23.5. The highest BCUT2D eigenvalue weighted by atomic mass is 32.1. The van der Waals surface area contributed by atoms with Crippen molar-refractivity contribution in [3.8, 4) is 11.5 Å². The van der Waals surface area contributed by atoms with Gasteiger partial charge in [0.1, 0.15) is 12.1 Å². The van der Waals surface area contributed by atoms with Gasteiger partial charge in [-0.05, 0) is 30.4 Å². The van der Waals surface area contributed by atoms with Gasteiger partial charge in [0, 0.05) is 55.5 Å². The van der Waals surface area contributed by atoms with Gasteiger partial charge in [-0.1, -0.05) is 0 Å². The van der Waals surface area contributed by atoms with Gasteiger partial charge in [-0.3, -0.25) is 10.1 Å². The Bertz CT molecular complexity index is 1150. The van der Waals surface area contributed by atoms with E-state index in [1.54, 1.807) is 32.7 Å². The van der Waals surface area contributed by atoms with Gasteiger partial charge < -0.3 is 24.6 Å². The second-order valence-electron chi connectivity index (χ2n) is 7.13. The standard InChI is InChI=1S/C21H22N6O4S/c1-30-18-11-16-17(12-19(18)31-2)22-13-23-20(16)25-7-9-26(10-8-25)21(32)24-14-3-5-15(6-4-14)27(28)29/h3-6,11-13H,7-10H2,1-2H3,(H,24,32). The average Bonchev–Trinajstić information content (AvgIpc) is 2.83. The Morgan fingerprint density at radius 1 is 1.06 bits per heavy atom. The van der Waals surface area contributed by atoms with Crippen molar-refractivity contribution in [2.75, 3.05) is 50.6 Å². The van der Waals surface area contributed by atoms with Gasteiger partial charge in [0.25, 0.3) is 5.69 Å². The molecule has 0 radical (unpaired) electrons. The third-order valence-electron chi connectivity index (χ3n) is 5.32. The van der Waals surface area contributed by atoms with E-state index in [9.17, 15) is 10.1 Å². The van der Waals surface area contributed by atoms with E-state index >= 15 is 0 Å². The van der Waals surface area contributed by atoms with Gasteiger partial charge >= 0.3 is 0 Å². The van der Waals surface area contributed by atoms with Gasteiger partial charge in [0.2, 0.25) is 0 Å². The number of hydrogen-bond donors (Lipinski definition) is 1. The van der Waals surface area contributed by atoms with Crippen molar-refractivity contribution in [1.29, 1.82) is 0 Å². The number of benzene rings is 2. The molecule has 10 nitrogen and oxygen atoms in total. The summed E-state index contributed by atoms with van der Waals surface area (Å²) in [7, 11) is 3.20. The molecule has 1 saturated heterocycles. The van der Waals surface area contributed by atoms with E-state index in [-0.39, 0.29) is 5.69 Å². The number of anilines is 2. The number of nitrogens with zero attached hydrogens (tertiary/aromatic N) is 5. The molecule has 0 aliphatic carbocycles. The van der Waals surface area contributed by atoms with E-state index in [0.717, 1.165) is 29.8 Å². The summed E-state index contributed by atoms with van der Waals surface area (Å²) in [5.74, 6) is 2.09. The van der Waals surface area contributed by atoms with Crippen LogP contribution in [0.3, 0.4) is 0 Å². The lowest BCUT2D eigenvalue weighted by Crippen LogP contribution is -2.50. The Morgan fingerprint density at radius 3 is 2.34 bits per heavy atom. The fourth-order valence-corrected chi connectivity index (χ4v) is 3.91. The number of ether oxygens (including phenoxy) is 2.